The second-order valence-corrected chi connectivity index (χ2v) is 7.48. The van der Waals surface area contributed by atoms with E-state index in [1.807, 2.05) is 26.2 Å². The number of aryl methyl sites for hydroxylation is 1. The molecule has 1 saturated carbocycles. The second-order valence-electron chi connectivity index (χ2n) is 6.62. The average Bonchev–Trinajstić information content (AvgIpc) is 3.13. The highest BCUT2D eigenvalue weighted by Gasteiger charge is 2.39. The zero-order chi connectivity index (χ0) is 17.0. The molecule has 0 spiro atoms. The summed E-state index contributed by atoms with van der Waals surface area (Å²) >= 11 is 1.59. The lowest BCUT2D eigenvalue weighted by Gasteiger charge is -2.28. The molecule has 0 aromatic carbocycles. The maximum atomic E-state index is 12.3. The number of carbonyl (C=O) groups is 2. The van der Waals surface area contributed by atoms with E-state index in [4.69, 9.17) is 5.73 Å². The van der Waals surface area contributed by atoms with E-state index in [-0.39, 0.29) is 29.8 Å². The Morgan fingerprint density at radius 2 is 2.04 bits per heavy atom. The Morgan fingerprint density at radius 3 is 2.57 bits per heavy atom. The number of carbonyl (C=O) groups excluding carboxylic acids is 2. The number of hydrogen-bond donors (Lipinski definition) is 3. The van der Waals surface area contributed by atoms with E-state index in [1.54, 1.807) is 11.3 Å². The Kier molecular flexibility index (Phi) is 5.75. The normalized spacial score (nSPS) is 18.0. The number of hydrogen-bond acceptors (Lipinski definition) is 5. The molecule has 0 saturated heterocycles. The molecule has 1 fully saturated rings. The van der Waals surface area contributed by atoms with Gasteiger partial charge in [0.1, 0.15) is 5.01 Å². The zero-order valence-electron chi connectivity index (χ0n) is 14.0. The van der Waals surface area contributed by atoms with Crippen LogP contribution < -0.4 is 16.4 Å². The summed E-state index contributed by atoms with van der Waals surface area (Å²) in [4.78, 5) is 28.7. The smallest absolute Gasteiger partial charge is 0.240 e. The molecule has 2 amide bonds. The standard InChI is InChI=1S/C16H26N4O2S/c1-10(2)13(17)14(22)18-8-12(21)20-16(6-4-5-7-16)15-19-11(3)9-23-15/h9-10,13H,4-8,17H2,1-3H3,(H,18,22)(H,20,21)/t13-/m0/s1. The summed E-state index contributed by atoms with van der Waals surface area (Å²) in [6.07, 6.45) is 3.93. The van der Waals surface area contributed by atoms with Crippen LogP contribution in [0.2, 0.25) is 0 Å². The summed E-state index contributed by atoms with van der Waals surface area (Å²) in [6.45, 7) is 5.66. The van der Waals surface area contributed by atoms with Gasteiger partial charge < -0.3 is 16.4 Å². The Balaban J connectivity index is 1.96. The maximum Gasteiger partial charge on any atom is 0.240 e. The van der Waals surface area contributed by atoms with E-state index in [9.17, 15) is 9.59 Å². The molecule has 1 aliphatic rings. The molecule has 23 heavy (non-hydrogen) atoms. The van der Waals surface area contributed by atoms with Crippen molar-refractivity contribution in [3.63, 3.8) is 0 Å². The molecular weight excluding hydrogens is 312 g/mol. The summed E-state index contributed by atoms with van der Waals surface area (Å²) in [6, 6.07) is -0.593. The first-order valence-corrected chi connectivity index (χ1v) is 8.99. The van der Waals surface area contributed by atoms with Crippen LogP contribution in [0.15, 0.2) is 5.38 Å². The van der Waals surface area contributed by atoms with Gasteiger partial charge in [0.2, 0.25) is 11.8 Å². The summed E-state index contributed by atoms with van der Waals surface area (Å²) in [5, 5.41) is 8.69. The van der Waals surface area contributed by atoms with Crippen molar-refractivity contribution in [2.45, 2.75) is 58.0 Å². The molecule has 7 heteroatoms. The number of rotatable bonds is 6. The van der Waals surface area contributed by atoms with Crippen LogP contribution in [0.1, 0.15) is 50.2 Å². The average molecular weight is 338 g/mol. The minimum Gasteiger partial charge on any atom is -0.346 e. The number of amides is 2. The minimum absolute atomic E-state index is 0.0394. The van der Waals surface area contributed by atoms with Gasteiger partial charge in [-0.1, -0.05) is 26.7 Å². The van der Waals surface area contributed by atoms with Crippen molar-refractivity contribution in [3.05, 3.63) is 16.1 Å². The number of aromatic nitrogens is 1. The van der Waals surface area contributed by atoms with Crippen LogP contribution in [0.5, 0.6) is 0 Å². The minimum atomic E-state index is -0.593. The van der Waals surface area contributed by atoms with Gasteiger partial charge in [-0.15, -0.1) is 11.3 Å². The Labute approximate surface area is 141 Å². The molecule has 4 N–H and O–H groups in total. The summed E-state index contributed by atoms with van der Waals surface area (Å²) in [5.74, 6) is -0.442. The van der Waals surface area contributed by atoms with Crippen LogP contribution in [0.4, 0.5) is 0 Å². The van der Waals surface area contributed by atoms with Crippen molar-refractivity contribution in [1.82, 2.24) is 15.6 Å². The largest absolute Gasteiger partial charge is 0.346 e. The quantitative estimate of drug-likeness (QED) is 0.731. The van der Waals surface area contributed by atoms with Gasteiger partial charge in [0, 0.05) is 11.1 Å². The molecule has 1 atom stereocenters. The lowest BCUT2D eigenvalue weighted by molar-refractivity contribution is -0.128. The van der Waals surface area contributed by atoms with E-state index < -0.39 is 6.04 Å². The monoisotopic (exact) mass is 338 g/mol. The molecule has 0 radical (unpaired) electrons. The molecule has 1 heterocycles. The third kappa shape index (κ3) is 4.29. The van der Waals surface area contributed by atoms with Crippen molar-refractivity contribution in [3.8, 4) is 0 Å². The van der Waals surface area contributed by atoms with Gasteiger partial charge in [-0.05, 0) is 25.7 Å². The van der Waals surface area contributed by atoms with Crippen molar-refractivity contribution in [2.75, 3.05) is 6.54 Å². The zero-order valence-corrected chi connectivity index (χ0v) is 14.8. The topological polar surface area (TPSA) is 97.1 Å². The van der Waals surface area contributed by atoms with E-state index in [0.29, 0.717) is 0 Å². The molecule has 0 aliphatic heterocycles. The second kappa shape index (κ2) is 7.40. The van der Waals surface area contributed by atoms with Crippen LogP contribution in [0, 0.1) is 12.8 Å². The fraction of sp³-hybridized carbons (Fsp3) is 0.688. The third-order valence-electron chi connectivity index (χ3n) is 4.31. The number of thiazole rings is 1. The van der Waals surface area contributed by atoms with Crippen LogP contribution in [-0.4, -0.2) is 29.4 Å². The van der Waals surface area contributed by atoms with E-state index in [2.05, 4.69) is 15.6 Å². The Hall–Kier alpha value is -1.47. The Bertz CT molecular complexity index is 564. The SMILES string of the molecule is Cc1csc(C2(NC(=O)CNC(=O)[C@@H](N)C(C)C)CCCC2)n1. The highest BCUT2D eigenvalue weighted by molar-refractivity contribution is 7.09. The molecule has 0 unspecified atom stereocenters. The first kappa shape index (κ1) is 17.9. The highest BCUT2D eigenvalue weighted by atomic mass is 32.1. The summed E-state index contributed by atoms with van der Waals surface area (Å²) < 4.78 is 0. The maximum absolute atomic E-state index is 12.3. The number of nitrogens with one attached hydrogen (secondary N) is 2. The summed E-state index contributed by atoms with van der Waals surface area (Å²) in [7, 11) is 0. The first-order chi connectivity index (χ1) is 10.8. The fourth-order valence-corrected chi connectivity index (χ4v) is 3.86. The van der Waals surface area contributed by atoms with Gasteiger partial charge in [-0.25, -0.2) is 4.98 Å². The molecule has 0 bridgehead atoms. The van der Waals surface area contributed by atoms with E-state index in [1.165, 1.54) is 0 Å². The van der Waals surface area contributed by atoms with E-state index >= 15 is 0 Å². The summed E-state index contributed by atoms with van der Waals surface area (Å²) in [5.41, 5.74) is 6.38. The van der Waals surface area contributed by atoms with Gasteiger partial charge in [0.15, 0.2) is 0 Å². The van der Waals surface area contributed by atoms with Crippen molar-refractivity contribution in [2.24, 2.45) is 11.7 Å². The third-order valence-corrected chi connectivity index (χ3v) is 5.47. The van der Waals surface area contributed by atoms with Crippen LogP contribution >= 0.6 is 11.3 Å². The molecule has 6 nitrogen and oxygen atoms in total. The lowest BCUT2D eigenvalue weighted by Crippen LogP contribution is -2.51. The van der Waals surface area contributed by atoms with Crippen LogP contribution in [0.3, 0.4) is 0 Å². The molecule has 1 aromatic rings. The van der Waals surface area contributed by atoms with Gasteiger partial charge >= 0.3 is 0 Å². The lowest BCUT2D eigenvalue weighted by atomic mass is 9.98. The van der Waals surface area contributed by atoms with Crippen molar-refractivity contribution in [1.29, 1.82) is 0 Å². The Morgan fingerprint density at radius 1 is 1.39 bits per heavy atom. The van der Waals surface area contributed by atoms with Gasteiger partial charge in [-0.3, -0.25) is 9.59 Å². The molecule has 128 valence electrons. The van der Waals surface area contributed by atoms with Gasteiger partial charge in [0.25, 0.3) is 0 Å². The fourth-order valence-electron chi connectivity index (χ4n) is 2.84. The van der Waals surface area contributed by atoms with Crippen molar-refractivity contribution < 1.29 is 9.59 Å². The highest BCUT2D eigenvalue weighted by Crippen LogP contribution is 2.39. The van der Waals surface area contributed by atoms with Crippen molar-refractivity contribution >= 4 is 23.2 Å². The van der Waals surface area contributed by atoms with Crippen LogP contribution in [-0.2, 0) is 15.1 Å². The van der Waals surface area contributed by atoms with Gasteiger partial charge in [0.05, 0.1) is 18.1 Å². The number of nitrogens with two attached hydrogens (primary N) is 1. The van der Waals surface area contributed by atoms with E-state index in [0.717, 1.165) is 36.4 Å². The first-order valence-electron chi connectivity index (χ1n) is 8.11. The predicted octanol–water partition coefficient (Wildman–Crippen LogP) is 1.44. The van der Waals surface area contributed by atoms with Crippen LogP contribution in [0.25, 0.3) is 0 Å². The molecular formula is C16H26N4O2S. The molecule has 2 rings (SSSR count). The molecule has 1 aromatic heterocycles. The number of nitrogens with zero attached hydrogens (tertiary/aromatic N) is 1. The molecule has 1 aliphatic carbocycles. The predicted molar refractivity (Wildman–Crippen MR) is 91.0 cm³/mol. The van der Waals surface area contributed by atoms with Gasteiger partial charge in [-0.2, -0.15) is 0 Å².